The summed E-state index contributed by atoms with van der Waals surface area (Å²) in [5.74, 6) is 1.52. The lowest BCUT2D eigenvalue weighted by Gasteiger charge is -2.27. The number of hydrogen-bond donors (Lipinski definition) is 3. The van der Waals surface area contributed by atoms with Gasteiger partial charge in [0.2, 0.25) is 11.8 Å². The zero-order valence-corrected chi connectivity index (χ0v) is 16.3. The van der Waals surface area contributed by atoms with Crippen molar-refractivity contribution in [3.05, 3.63) is 24.2 Å². The molecular formula is C20H26N6O2. The number of hydrogen-bond acceptors (Lipinski definition) is 6. The van der Waals surface area contributed by atoms with Gasteiger partial charge < -0.3 is 20.1 Å². The summed E-state index contributed by atoms with van der Waals surface area (Å²) in [6, 6.07) is 1.93. The Labute approximate surface area is 163 Å². The van der Waals surface area contributed by atoms with Gasteiger partial charge >= 0.3 is 0 Å². The molecule has 0 bridgehead atoms. The first kappa shape index (κ1) is 17.5. The molecular weight excluding hydrogens is 356 g/mol. The van der Waals surface area contributed by atoms with Crippen molar-refractivity contribution >= 4 is 22.7 Å². The Kier molecular flexibility index (Phi) is 4.04. The van der Waals surface area contributed by atoms with Crippen LogP contribution in [0.3, 0.4) is 0 Å². The van der Waals surface area contributed by atoms with Crippen LogP contribution in [0, 0.1) is 0 Å². The Hall–Kier alpha value is -2.61. The lowest BCUT2D eigenvalue weighted by Crippen LogP contribution is -2.32. The molecule has 148 valence electrons. The van der Waals surface area contributed by atoms with E-state index in [1.54, 1.807) is 0 Å². The van der Waals surface area contributed by atoms with E-state index in [1.807, 2.05) is 37.0 Å². The zero-order valence-electron chi connectivity index (χ0n) is 16.3. The number of aromatic nitrogens is 5. The largest absolute Gasteiger partial charge is 0.477 e. The molecule has 2 fully saturated rings. The topological polar surface area (TPSA) is 101 Å². The van der Waals surface area contributed by atoms with Crippen LogP contribution in [0.1, 0.15) is 63.6 Å². The SMILES string of the molecule is CCOc1nc(Nc2cnn(C3CCCC3(C)O)c2C2CC2)nc2[nH]ccc12. The van der Waals surface area contributed by atoms with E-state index in [1.165, 1.54) is 0 Å². The summed E-state index contributed by atoms with van der Waals surface area (Å²) in [6.45, 7) is 4.40. The number of ether oxygens (including phenoxy) is 1. The minimum Gasteiger partial charge on any atom is -0.477 e. The first-order valence-electron chi connectivity index (χ1n) is 10.1. The fraction of sp³-hybridized carbons (Fsp3) is 0.550. The lowest BCUT2D eigenvalue weighted by molar-refractivity contribution is 0.0211. The van der Waals surface area contributed by atoms with Gasteiger partial charge in [-0.2, -0.15) is 15.1 Å². The van der Waals surface area contributed by atoms with Crippen molar-refractivity contribution in [1.29, 1.82) is 0 Å². The summed E-state index contributed by atoms with van der Waals surface area (Å²) in [6.07, 6.45) is 8.76. The molecule has 28 heavy (non-hydrogen) atoms. The van der Waals surface area contributed by atoms with E-state index in [9.17, 15) is 5.11 Å². The van der Waals surface area contributed by atoms with Crippen molar-refractivity contribution in [2.24, 2.45) is 0 Å². The van der Waals surface area contributed by atoms with Crippen molar-refractivity contribution in [1.82, 2.24) is 24.7 Å². The summed E-state index contributed by atoms with van der Waals surface area (Å²) >= 11 is 0. The van der Waals surface area contributed by atoms with E-state index in [0.29, 0.717) is 24.4 Å². The lowest BCUT2D eigenvalue weighted by atomic mass is 10.0. The molecule has 3 heterocycles. The average molecular weight is 382 g/mol. The van der Waals surface area contributed by atoms with Gasteiger partial charge in [0.1, 0.15) is 5.65 Å². The normalized spacial score (nSPS) is 24.8. The van der Waals surface area contributed by atoms with Crippen molar-refractivity contribution < 1.29 is 9.84 Å². The number of H-pyrrole nitrogens is 1. The zero-order chi connectivity index (χ0) is 19.3. The molecule has 2 aliphatic carbocycles. The van der Waals surface area contributed by atoms with Crippen LogP contribution in [-0.4, -0.2) is 42.0 Å². The minimum absolute atomic E-state index is 0.0180. The molecule has 3 N–H and O–H groups in total. The maximum absolute atomic E-state index is 10.8. The van der Waals surface area contributed by atoms with E-state index >= 15 is 0 Å². The highest BCUT2D eigenvalue weighted by atomic mass is 16.5. The third-order valence-corrected chi connectivity index (χ3v) is 5.88. The van der Waals surface area contributed by atoms with Gasteiger partial charge in [0.15, 0.2) is 0 Å². The van der Waals surface area contributed by atoms with Gasteiger partial charge in [-0.05, 0) is 52.0 Å². The minimum atomic E-state index is -0.714. The Morgan fingerprint density at radius 1 is 1.36 bits per heavy atom. The predicted molar refractivity (Wildman–Crippen MR) is 106 cm³/mol. The molecule has 5 rings (SSSR count). The second-order valence-electron chi connectivity index (χ2n) is 8.08. The average Bonchev–Trinajstić information content (AvgIpc) is 3.07. The van der Waals surface area contributed by atoms with Gasteiger partial charge in [0.25, 0.3) is 0 Å². The number of aliphatic hydroxyl groups is 1. The molecule has 0 amide bonds. The van der Waals surface area contributed by atoms with Crippen LogP contribution in [0.5, 0.6) is 5.88 Å². The van der Waals surface area contributed by atoms with Crippen LogP contribution in [0.2, 0.25) is 0 Å². The van der Waals surface area contributed by atoms with Crippen molar-refractivity contribution in [2.75, 3.05) is 11.9 Å². The summed E-state index contributed by atoms with van der Waals surface area (Å²) in [5.41, 5.74) is 2.09. The molecule has 0 aromatic carbocycles. The fourth-order valence-electron chi connectivity index (χ4n) is 4.33. The summed E-state index contributed by atoms with van der Waals surface area (Å²) in [4.78, 5) is 12.3. The molecule has 0 spiro atoms. The number of nitrogens with one attached hydrogen (secondary N) is 2. The molecule has 2 atom stereocenters. The highest BCUT2D eigenvalue weighted by molar-refractivity contribution is 5.82. The molecule has 3 aromatic heterocycles. The molecule has 0 saturated heterocycles. The molecule has 2 aliphatic rings. The monoisotopic (exact) mass is 382 g/mol. The number of nitrogens with zero attached hydrogens (tertiary/aromatic N) is 4. The highest BCUT2D eigenvalue weighted by Gasteiger charge is 2.42. The molecule has 8 nitrogen and oxygen atoms in total. The third-order valence-electron chi connectivity index (χ3n) is 5.88. The molecule has 0 aliphatic heterocycles. The van der Waals surface area contributed by atoms with Gasteiger partial charge in [-0.25, -0.2) is 0 Å². The van der Waals surface area contributed by atoms with E-state index < -0.39 is 5.60 Å². The van der Waals surface area contributed by atoms with Crippen LogP contribution in [0.25, 0.3) is 11.0 Å². The first-order valence-corrected chi connectivity index (χ1v) is 10.1. The van der Waals surface area contributed by atoms with Crippen LogP contribution in [-0.2, 0) is 0 Å². The second-order valence-corrected chi connectivity index (χ2v) is 8.08. The summed E-state index contributed by atoms with van der Waals surface area (Å²) in [7, 11) is 0. The smallest absolute Gasteiger partial charge is 0.232 e. The summed E-state index contributed by atoms with van der Waals surface area (Å²) in [5, 5.41) is 19.7. The molecule has 2 saturated carbocycles. The summed E-state index contributed by atoms with van der Waals surface area (Å²) < 4.78 is 7.74. The third kappa shape index (κ3) is 2.92. The van der Waals surface area contributed by atoms with Crippen LogP contribution in [0.15, 0.2) is 18.5 Å². The van der Waals surface area contributed by atoms with Crippen molar-refractivity contribution in [3.8, 4) is 5.88 Å². The second kappa shape index (κ2) is 6.48. The van der Waals surface area contributed by atoms with E-state index in [4.69, 9.17) is 4.74 Å². The molecule has 8 heteroatoms. The Morgan fingerprint density at radius 3 is 2.93 bits per heavy atom. The molecule has 2 unspecified atom stereocenters. The quantitative estimate of drug-likeness (QED) is 0.602. The van der Waals surface area contributed by atoms with Crippen molar-refractivity contribution in [3.63, 3.8) is 0 Å². The van der Waals surface area contributed by atoms with E-state index in [0.717, 1.165) is 54.5 Å². The van der Waals surface area contributed by atoms with Gasteiger partial charge in [-0.3, -0.25) is 4.68 Å². The molecule has 3 aromatic rings. The number of aromatic amines is 1. The number of fused-ring (bicyclic) bond motifs is 1. The highest BCUT2D eigenvalue weighted by Crippen LogP contribution is 2.48. The predicted octanol–water partition coefficient (Wildman–Crippen LogP) is 3.65. The van der Waals surface area contributed by atoms with Crippen LogP contribution < -0.4 is 10.1 Å². The van der Waals surface area contributed by atoms with Crippen molar-refractivity contribution in [2.45, 2.75) is 63.5 Å². The van der Waals surface area contributed by atoms with Crippen LogP contribution in [0.4, 0.5) is 11.6 Å². The van der Waals surface area contributed by atoms with E-state index in [-0.39, 0.29) is 6.04 Å². The Morgan fingerprint density at radius 2 is 2.21 bits per heavy atom. The van der Waals surface area contributed by atoms with Gasteiger partial charge in [0, 0.05) is 12.1 Å². The molecule has 0 radical (unpaired) electrons. The fourth-order valence-corrected chi connectivity index (χ4v) is 4.33. The Bertz CT molecular complexity index is 1000. The Balaban J connectivity index is 1.52. The van der Waals surface area contributed by atoms with Gasteiger partial charge in [-0.15, -0.1) is 0 Å². The first-order chi connectivity index (χ1) is 13.6. The van der Waals surface area contributed by atoms with Gasteiger partial charge in [-0.1, -0.05) is 0 Å². The van der Waals surface area contributed by atoms with Crippen LogP contribution >= 0.6 is 0 Å². The van der Waals surface area contributed by atoms with Gasteiger partial charge in [0.05, 0.1) is 41.2 Å². The number of anilines is 2. The maximum atomic E-state index is 10.8. The maximum Gasteiger partial charge on any atom is 0.232 e. The number of rotatable bonds is 6. The standard InChI is InChI=1S/C20H26N6O2/c1-3-28-18-13-8-10-21-17(13)24-19(25-18)23-14-11-22-26(16(14)12-6-7-12)15-5-4-9-20(15,2)27/h8,10-12,15,27H,3-7,9H2,1-2H3,(H2,21,23,24,25). The van der Waals surface area contributed by atoms with E-state index in [2.05, 4.69) is 25.4 Å².